The number of piperazine rings is 1. The summed E-state index contributed by atoms with van der Waals surface area (Å²) in [5.41, 5.74) is 1.93. The molecule has 28 heavy (non-hydrogen) atoms. The van der Waals surface area contributed by atoms with Crippen molar-refractivity contribution in [2.24, 2.45) is 13.0 Å². The van der Waals surface area contributed by atoms with E-state index in [4.69, 9.17) is 4.98 Å². The predicted octanol–water partition coefficient (Wildman–Crippen LogP) is 1.86. The summed E-state index contributed by atoms with van der Waals surface area (Å²) in [6, 6.07) is -0.00671. The maximum Gasteiger partial charge on any atom is 0.281 e. The molecule has 1 aliphatic carbocycles. The zero-order valence-electron chi connectivity index (χ0n) is 17.3. The predicted molar refractivity (Wildman–Crippen MR) is 109 cm³/mol. The number of aromatic nitrogens is 4. The van der Waals surface area contributed by atoms with Crippen molar-refractivity contribution < 1.29 is 4.79 Å². The average Bonchev–Trinajstić information content (AvgIpc) is 3.29. The second kappa shape index (κ2) is 7.22. The van der Waals surface area contributed by atoms with Crippen LogP contribution in [0.3, 0.4) is 0 Å². The van der Waals surface area contributed by atoms with E-state index in [1.165, 1.54) is 12.8 Å². The lowest BCUT2D eigenvalue weighted by Gasteiger charge is -2.37. The van der Waals surface area contributed by atoms with Crippen LogP contribution in [0, 0.1) is 12.8 Å². The molecule has 8 heteroatoms. The maximum atomic E-state index is 13.2. The van der Waals surface area contributed by atoms with Crippen molar-refractivity contribution in [2.75, 3.05) is 31.1 Å². The van der Waals surface area contributed by atoms with E-state index >= 15 is 0 Å². The Bertz CT molecular complexity index is 946. The lowest BCUT2D eigenvalue weighted by atomic mass is 10.1. The van der Waals surface area contributed by atoms with Crippen molar-refractivity contribution in [1.29, 1.82) is 0 Å². The van der Waals surface area contributed by atoms with Gasteiger partial charge in [-0.2, -0.15) is 5.10 Å². The van der Waals surface area contributed by atoms with Crippen molar-refractivity contribution in [2.45, 2.75) is 52.5 Å². The lowest BCUT2D eigenvalue weighted by molar-refractivity contribution is -0.135. The Kier molecular flexibility index (Phi) is 4.89. The molecular formula is C20H30N6O2. The third-order valence-electron chi connectivity index (χ3n) is 6.13. The number of fused-ring (bicyclic) bond motifs is 1. The zero-order chi connectivity index (χ0) is 20.0. The van der Waals surface area contributed by atoms with Gasteiger partial charge in [0.2, 0.25) is 11.9 Å². The third kappa shape index (κ3) is 3.08. The molecule has 1 aliphatic heterocycles. The van der Waals surface area contributed by atoms with Gasteiger partial charge in [0.1, 0.15) is 5.52 Å². The Morgan fingerprint density at radius 3 is 2.36 bits per heavy atom. The number of amides is 1. The molecule has 2 aromatic rings. The highest BCUT2D eigenvalue weighted by molar-refractivity contribution is 5.80. The van der Waals surface area contributed by atoms with Gasteiger partial charge in [-0.1, -0.05) is 12.8 Å². The number of aryl methyl sites for hydroxylation is 2. The van der Waals surface area contributed by atoms with Crippen LogP contribution in [-0.4, -0.2) is 56.3 Å². The minimum atomic E-state index is -0.0532. The normalized spacial score (nSPS) is 18.6. The van der Waals surface area contributed by atoms with Crippen LogP contribution < -0.4 is 10.5 Å². The fourth-order valence-electron chi connectivity index (χ4n) is 4.63. The second-order valence-corrected chi connectivity index (χ2v) is 8.38. The fraction of sp³-hybridized carbons (Fsp3) is 0.700. The SMILES string of the molecule is Cc1nn(C)c2c(=O)n(C(C)C)c(N3CCN(C(=O)C4CCCC4)CC3)nc12. The average molecular weight is 387 g/mol. The lowest BCUT2D eigenvalue weighted by Crippen LogP contribution is -2.51. The Morgan fingerprint density at radius 1 is 1.11 bits per heavy atom. The van der Waals surface area contributed by atoms with E-state index < -0.39 is 0 Å². The highest BCUT2D eigenvalue weighted by Gasteiger charge is 2.31. The number of hydrogen-bond acceptors (Lipinski definition) is 5. The van der Waals surface area contributed by atoms with Crippen molar-refractivity contribution in [1.82, 2.24) is 24.2 Å². The summed E-state index contributed by atoms with van der Waals surface area (Å²) < 4.78 is 3.39. The van der Waals surface area contributed by atoms with Crippen LogP contribution in [0.25, 0.3) is 11.0 Å². The van der Waals surface area contributed by atoms with Gasteiger partial charge in [0.15, 0.2) is 5.52 Å². The van der Waals surface area contributed by atoms with Gasteiger partial charge in [-0.15, -0.1) is 0 Å². The van der Waals surface area contributed by atoms with Gasteiger partial charge in [-0.25, -0.2) is 4.98 Å². The molecule has 0 unspecified atom stereocenters. The summed E-state index contributed by atoms with van der Waals surface area (Å²) in [5.74, 6) is 1.22. The van der Waals surface area contributed by atoms with Crippen LogP contribution in [0.1, 0.15) is 51.3 Å². The monoisotopic (exact) mass is 386 g/mol. The summed E-state index contributed by atoms with van der Waals surface area (Å²) in [6.07, 6.45) is 4.41. The molecule has 0 aromatic carbocycles. The number of carbonyl (C=O) groups is 1. The third-order valence-corrected chi connectivity index (χ3v) is 6.13. The topological polar surface area (TPSA) is 76.3 Å². The molecule has 4 rings (SSSR count). The molecule has 0 radical (unpaired) electrons. The van der Waals surface area contributed by atoms with Crippen LogP contribution in [-0.2, 0) is 11.8 Å². The maximum absolute atomic E-state index is 13.2. The summed E-state index contributed by atoms with van der Waals surface area (Å²) in [7, 11) is 1.79. The number of rotatable bonds is 3. The van der Waals surface area contributed by atoms with Crippen molar-refractivity contribution in [3.8, 4) is 0 Å². The molecule has 0 atom stereocenters. The highest BCUT2D eigenvalue weighted by atomic mass is 16.2. The number of carbonyl (C=O) groups excluding carboxylic acids is 1. The molecular weight excluding hydrogens is 356 g/mol. The largest absolute Gasteiger partial charge is 0.339 e. The van der Waals surface area contributed by atoms with E-state index in [0.29, 0.717) is 49.1 Å². The summed E-state index contributed by atoms with van der Waals surface area (Å²) in [5, 5.41) is 4.39. The van der Waals surface area contributed by atoms with Crippen LogP contribution in [0.15, 0.2) is 4.79 Å². The first kappa shape index (κ1) is 19.0. The molecule has 2 aromatic heterocycles. The molecule has 8 nitrogen and oxygen atoms in total. The molecule has 2 aliphatic rings. The van der Waals surface area contributed by atoms with Crippen LogP contribution in [0.4, 0.5) is 5.95 Å². The van der Waals surface area contributed by atoms with Gasteiger partial charge >= 0.3 is 0 Å². The van der Waals surface area contributed by atoms with Crippen LogP contribution in [0.5, 0.6) is 0 Å². The standard InChI is InChI=1S/C20H30N6O2/c1-13(2)26-19(28)17-16(14(3)22-23(17)4)21-20(26)25-11-9-24(10-12-25)18(27)15-7-5-6-8-15/h13,15H,5-12H2,1-4H3. The van der Waals surface area contributed by atoms with E-state index in [0.717, 1.165) is 18.5 Å². The van der Waals surface area contributed by atoms with Gasteiger partial charge in [-0.05, 0) is 33.6 Å². The van der Waals surface area contributed by atoms with E-state index in [-0.39, 0.29) is 17.5 Å². The first-order chi connectivity index (χ1) is 13.4. The van der Waals surface area contributed by atoms with Crippen molar-refractivity contribution in [3.05, 3.63) is 16.0 Å². The molecule has 0 bridgehead atoms. The zero-order valence-corrected chi connectivity index (χ0v) is 17.3. The quantitative estimate of drug-likeness (QED) is 0.805. The number of nitrogens with zero attached hydrogens (tertiary/aromatic N) is 6. The van der Waals surface area contributed by atoms with Gasteiger partial charge < -0.3 is 9.80 Å². The molecule has 2 fully saturated rings. The minimum absolute atomic E-state index is 0.00671. The Labute approximate surface area is 165 Å². The van der Waals surface area contributed by atoms with Gasteiger partial charge in [0.05, 0.1) is 5.69 Å². The van der Waals surface area contributed by atoms with E-state index in [1.54, 1.807) is 16.3 Å². The Hall–Kier alpha value is -2.38. The summed E-state index contributed by atoms with van der Waals surface area (Å²) in [4.78, 5) is 34.9. The Balaban J connectivity index is 1.63. The Morgan fingerprint density at radius 2 is 1.75 bits per heavy atom. The van der Waals surface area contributed by atoms with E-state index in [2.05, 4.69) is 10.00 Å². The van der Waals surface area contributed by atoms with E-state index in [9.17, 15) is 9.59 Å². The first-order valence-electron chi connectivity index (χ1n) is 10.4. The summed E-state index contributed by atoms with van der Waals surface area (Å²) in [6.45, 7) is 8.66. The van der Waals surface area contributed by atoms with Crippen molar-refractivity contribution in [3.63, 3.8) is 0 Å². The molecule has 1 amide bonds. The first-order valence-corrected chi connectivity index (χ1v) is 10.4. The van der Waals surface area contributed by atoms with Gasteiger partial charge in [0.25, 0.3) is 5.56 Å². The molecule has 1 saturated heterocycles. The highest BCUT2D eigenvalue weighted by Crippen LogP contribution is 2.27. The van der Waals surface area contributed by atoms with E-state index in [1.807, 2.05) is 25.7 Å². The molecule has 0 N–H and O–H groups in total. The molecule has 152 valence electrons. The minimum Gasteiger partial charge on any atom is -0.339 e. The smallest absolute Gasteiger partial charge is 0.281 e. The van der Waals surface area contributed by atoms with Crippen LogP contribution in [0.2, 0.25) is 0 Å². The second-order valence-electron chi connectivity index (χ2n) is 8.38. The van der Waals surface area contributed by atoms with Gasteiger partial charge in [-0.3, -0.25) is 18.8 Å². The van der Waals surface area contributed by atoms with Gasteiger partial charge in [0, 0.05) is 45.2 Å². The number of anilines is 1. The summed E-state index contributed by atoms with van der Waals surface area (Å²) >= 11 is 0. The molecule has 0 spiro atoms. The van der Waals surface area contributed by atoms with Crippen LogP contribution >= 0.6 is 0 Å². The number of hydrogen-bond donors (Lipinski definition) is 0. The molecule has 1 saturated carbocycles. The fourth-order valence-corrected chi connectivity index (χ4v) is 4.63. The van der Waals surface area contributed by atoms with Crippen molar-refractivity contribution >= 4 is 22.9 Å². The molecule has 3 heterocycles.